The van der Waals surface area contributed by atoms with Crippen LogP contribution in [-0.2, 0) is 4.79 Å². The van der Waals surface area contributed by atoms with E-state index >= 15 is 0 Å². The highest BCUT2D eigenvalue weighted by molar-refractivity contribution is 5.90. The number of nitrogens with zero attached hydrogens (tertiary/aromatic N) is 3. The van der Waals surface area contributed by atoms with Crippen molar-refractivity contribution in [2.75, 3.05) is 25.0 Å². The van der Waals surface area contributed by atoms with E-state index in [1.807, 2.05) is 19.9 Å². The molecule has 1 saturated heterocycles. The van der Waals surface area contributed by atoms with Crippen LogP contribution >= 0.6 is 0 Å². The van der Waals surface area contributed by atoms with Gasteiger partial charge >= 0.3 is 0 Å². The smallest absolute Gasteiger partial charge is 0.240 e. The molecule has 0 saturated carbocycles. The van der Waals surface area contributed by atoms with Crippen molar-refractivity contribution in [2.45, 2.75) is 32.7 Å². The summed E-state index contributed by atoms with van der Waals surface area (Å²) in [5, 5.41) is 2.75. The molecule has 0 bridgehead atoms. The first-order chi connectivity index (χ1) is 9.02. The van der Waals surface area contributed by atoms with Gasteiger partial charge in [0.15, 0.2) is 0 Å². The zero-order valence-corrected chi connectivity index (χ0v) is 11.5. The number of carbonyl (C=O) groups is 1. The molecule has 0 unspecified atom stereocenters. The van der Waals surface area contributed by atoms with Crippen LogP contribution in [0.25, 0.3) is 0 Å². The molecule has 1 aromatic heterocycles. The number of hydrogen-bond donors (Lipinski definition) is 2. The Kier molecular flexibility index (Phi) is 4.44. The van der Waals surface area contributed by atoms with Crippen molar-refractivity contribution in [1.29, 1.82) is 0 Å². The molecule has 1 aliphatic rings. The summed E-state index contributed by atoms with van der Waals surface area (Å²) in [4.78, 5) is 22.4. The molecule has 104 valence electrons. The monoisotopic (exact) mass is 263 g/mol. The third kappa shape index (κ3) is 4.25. The van der Waals surface area contributed by atoms with Crippen molar-refractivity contribution >= 4 is 11.9 Å². The zero-order chi connectivity index (χ0) is 13.8. The van der Waals surface area contributed by atoms with E-state index in [2.05, 4.69) is 20.2 Å². The number of carbonyl (C=O) groups excluding carboxylic acids is 1. The molecule has 0 atom stereocenters. The Bertz CT molecular complexity index is 434. The van der Waals surface area contributed by atoms with Crippen LogP contribution in [0.15, 0.2) is 6.07 Å². The maximum Gasteiger partial charge on any atom is 0.240 e. The molecule has 1 fully saturated rings. The van der Waals surface area contributed by atoms with Crippen LogP contribution in [0.4, 0.5) is 5.95 Å². The standard InChI is InChI=1S/C13H21N5O/c1-9-7-10(2)16-13(15-9)17-12(19)8-18-5-3-11(14)4-6-18/h7,11H,3-6,8,14H2,1-2H3,(H,15,16,17,19). The van der Waals surface area contributed by atoms with Gasteiger partial charge in [-0.2, -0.15) is 0 Å². The predicted molar refractivity (Wildman–Crippen MR) is 73.8 cm³/mol. The van der Waals surface area contributed by atoms with Crippen molar-refractivity contribution in [1.82, 2.24) is 14.9 Å². The van der Waals surface area contributed by atoms with Crippen molar-refractivity contribution < 1.29 is 4.79 Å². The predicted octanol–water partition coefficient (Wildman–Crippen LogP) is 0.455. The van der Waals surface area contributed by atoms with Crippen LogP contribution < -0.4 is 11.1 Å². The molecular weight excluding hydrogens is 242 g/mol. The zero-order valence-electron chi connectivity index (χ0n) is 11.5. The van der Waals surface area contributed by atoms with Gasteiger partial charge in [0.05, 0.1) is 6.54 Å². The van der Waals surface area contributed by atoms with E-state index in [1.54, 1.807) is 0 Å². The highest BCUT2D eigenvalue weighted by Gasteiger charge is 2.18. The minimum Gasteiger partial charge on any atom is -0.328 e. The van der Waals surface area contributed by atoms with E-state index in [0.29, 0.717) is 12.5 Å². The average Bonchev–Trinajstić information content (AvgIpc) is 2.30. The molecule has 0 aliphatic carbocycles. The van der Waals surface area contributed by atoms with Crippen LogP contribution in [0.2, 0.25) is 0 Å². The van der Waals surface area contributed by atoms with Gasteiger partial charge in [-0.15, -0.1) is 0 Å². The fourth-order valence-electron chi connectivity index (χ4n) is 2.26. The molecule has 1 aromatic rings. The molecule has 2 rings (SSSR count). The molecule has 0 aromatic carbocycles. The normalized spacial score (nSPS) is 17.4. The Morgan fingerprint density at radius 1 is 1.37 bits per heavy atom. The molecule has 6 heteroatoms. The third-order valence-corrected chi connectivity index (χ3v) is 3.23. The lowest BCUT2D eigenvalue weighted by Gasteiger charge is -2.29. The van der Waals surface area contributed by atoms with E-state index in [-0.39, 0.29) is 11.9 Å². The number of nitrogens with two attached hydrogens (primary N) is 1. The van der Waals surface area contributed by atoms with Gasteiger partial charge in [0.25, 0.3) is 0 Å². The number of anilines is 1. The highest BCUT2D eigenvalue weighted by atomic mass is 16.2. The number of rotatable bonds is 3. The number of nitrogens with one attached hydrogen (secondary N) is 1. The maximum absolute atomic E-state index is 11.9. The molecule has 3 N–H and O–H groups in total. The Hall–Kier alpha value is -1.53. The van der Waals surface area contributed by atoms with E-state index in [1.165, 1.54) is 0 Å². The van der Waals surface area contributed by atoms with Gasteiger partial charge in [0, 0.05) is 30.5 Å². The molecule has 1 amide bonds. The van der Waals surface area contributed by atoms with Crippen molar-refractivity contribution in [2.24, 2.45) is 5.73 Å². The van der Waals surface area contributed by atoms with Gasteiger partial charge < -0.3 is 5.73 Å². The maximum atomic E-state index is 11.9. The summed E-state index contributed by atoms with van der Waals surface area (Å²) < 4.78 is 0. The minimum atomic E-state index is -0.0690. The number of piperidine rings is 1. The average molecular weight is 263 g/mol. The first kappa shape index (κ1) is 13.9. The molecule has 19 heavy (non-hydrogen) atoms. The second-order valence-electron chi connectivity index (χ2n) is 5.14. The summed E-state index contributed by atoms with van der Waals surface area (Å²) in [5.41, 5.74) is 7.54. The summed E-state index contributed by atoms with van der Waals surface area (Å²) in [6.07, 6.45) is 1.90. The quantitative estimate of drug-likeness (QED) is 0.827. The van der Waals surface area contributed by atoms with Crippen LogP contribution in [0.5, 0.6) is 0 Å². The van der Waals surface area contributed by atoms with Crippen LogP contribution in [0.1, 0.15) is 24.2 Å². The SMILES string of the molecule is Cc1cc(C)nc(NC(=O)CN2CCC(N)CC2)n1. The van der Waals surface area contributed by atoms with Crippen molar-refractivity contribution in [3.05, 3.63) is 17.5 Å². The Morgan fingerprint density at radius 3 is 2.53 bits per heavy atom. The first-order valence-corrected chi connectivity index (χ1v) is 6.63. The molecule has 0 radical (unpaired) electrons. The molecule has 2 heterocycles. The minimum absolute atomic E-state index is 0.0690. The van der Waals surface area contributed by atoms with Gasteiger partial charge in [0.2, 0.25) is 11.9 Å². The number of likely N-dealkylation sites (tertiary alicyclic amines) is 1. The van der Waals surface area contributed by atoms with Crippen LogP contribution in [-0.4, -0.2) is 46.5 Å². The summed E-state index contributed by atoms with van der Waals surface area (Å²) in [6, 6.07) is 2.16. The van der Waals surface area contributed by atoms with Crippen LogP contribution in [0, 0.1) is 13.8 Å². The van der Waals surface area contributed by atoms with Gasteiger partial charge in [-0.05, 0) is 32.8 Å². The molecular formula is C13H21N5O. The largest absolute Gasteiger partial charge is 0.328 e. The van der Waals surface area contributed by atoms with E-state index in [4.69, 9.17) is 5.73 Å². The van der Waals surface area contributed by atoms with Crippen LogP contribution in [0.3, 0.4) is 0 Å². The summed E-state index contributed by atoms with van der Waals surface area (Å²) in [5.74, 6) is 0.316. The van der Waals surface area contributed by atoms with E-state index in [9.17, 15) is 4.79 Å². The third-order valence-electron chi connectivity index (χ3n) is 3.23. The lowest BCUT2D eigenvalue weighted by molar-refractivity contribution is -0.117. The van der Waals surface area contributed by atoms with Gasteiger partial charge in [-0.3, -0.25) is 15.0 Å². The Morgan fingerprint density at radius 2 is 1.95 bits per heavy atom. The fourth-order valence-corrected chi connectivity index (χ4v) is 2.26. The number of amides is 1. The Balaban J connectivity index is 1.87. The summed E-state index contributed by atoms with van der Waals surface area (Å²) >= 11 is 0. The lowest BCUT2D eigenvalue weighted by atomic mass is 10.1. The first-order valence-electron chi connectivity index (χ1n) is 6.63. The second kappa shape index (κ2) is 6.08. The topological polar surface area (TPSA) is 84.1 Å². The highest BCUT2D eigenvalue weighted by Crippen LogP contribution is 2.08. The van der Waals surface area contributed by atoms with E-state index < -0.39 is 0 Å². The fraction of sp³-hybridized carbons (Fsp3) is 0.615. The number of aromatic nitrogens is 2. The summed E-state index contributed by atoms with van der Waals surface area (Å²) in [7, 11) is 0. The molecule has 0 spiro atoms. The van der Waals surface area contributed by atoms with Gasteiger partial charge in [-0.1, -0.05) is 0 Å². The lowest BCUT2D eigenvalue weighted by Crippen LogP contribution is -2.43. The molecule has 6 nitrogen and oxygen atoms in total. The van der Waals surface area contributed by atoms with E-state index in [0.717, 1.165) is 37.3 Å². The van der Waals surface area contributed by atoms with Crippen molar-refractivity contribution in [3.63, 3.8) is 0 Å². The number of aryl methyl sites for hydroxylation is 2. The molecule has 1 aliphatic heterocycles. The summed E-state index contributed by atoms with van der Waals surface area (Å²) in [6.45, 7) is 5.90. The van der Waals surface area contributed by atoms with Gasteiger partial charge in [0.1, 0.15) is 0 Å². The second-order valence-corrected chi connectivity index (χ2v) is 5.14. The van der Waals surface area contributed by atoms with Gasteiger partial charge in [-0.25, -0.2) is 9.97 Å². The Labute approximate surface area is 113 Å². The van der Waals surface area contributed by atoms with Crippen molar-refractivity contribution in [3.8, 4) is 0 Å². The number of hydrogen-bond acceptors (Lipinski definition) is 5.